The van der Waals surface area contributed by atoms with Crippen molar-refractivity contribution in [3.63, 3.8) is 0 Å². The van der Waals surface area contributed by atoms with Gasteiger partial charge in [0.05, 0.1) is 7.11 Å². The van der Waals surface area contributed by atoms with E-state index in [-0.39, 0.29) is 19.1 Å². The van der Waals surface area contributed by atoms with Crippen LogP contribution in [0.4, 0.5) is 10.5 Å². The molecular formula is C19H20N2O4. The quantitative estimate of drug-likeness (QED) is 0.859. The van der Waals surface area contributed by atoms with Crippen LogP contribution in [0.25, 0.3) is 0 Å². The lowest BCUT2D eigenvalue weighted by molar-refractivity contribution is -0.120. The number of rotatable bonds is 4. The van der Waals surface area contributed by atoms with Crippen LogP contribution in [0, 0.1) is 0 Å². The summed E-state index contributed by atoms with van der Waals surface area (Å²) in [5.74, 6) is 0.604. The van der Waals surface area contributed by atoms with Crippen LogP contribution >= 0.6 is 0 Å². The maximum Gasteiger partial charge on any atom is 0.410 e. The summed E-state index contributed by atoms with van der Waals surface area (Å²) < 4.78 is 10.4. The lowest BCUT2D eigenvalue weighted by atomic mass is 10.2. The molecule has 130 valence electrons. The molecule has 0 atom stereocenters. The Balaban J connectivity index is 1.55. The van der Waals surface area contributed by atoms with E-state index in [9.17, 15) is 9.59 Å². The van der Waals surface area contributed by atoms with Gasteiger partial charge < -0.3 is 14.4 Å². The van der Waals surface area contributed by atoms with E-state index < -0.39 is 6.09 Å². The zero-order valence-corrected chi connectivity index (χ0v) is 14.1. The smallest absolute Gasteiger partial charge is 0.410 e. The molecule has 0 aromatic heterocycles. The highest BCUT2D eigenvalue weighted by molar-refractivity contribution is 5.97. The van der Waals surface area contributed by atoms with Gasteiger partial charge >= 0.3 is 6.09 Å². The Morgan fingerprint density at radius 1 is 1.04 bits per heavy atom. The van der Waals surface area contributed by atoms with E-state index in [1.807, 2.05) is 54.6 Å². The third kappa shape index (κ3) is 4.09. The number of benzene rings is 2. The van der Waals surface area contributed by atoms with E-state index in [0.717, 1.165) is 17.0 Å². The fourth-order valence-corrected chi connectivity index (χ4v) is 2.67. The molecule has 2 amide bonds. The Labute approximate surface area is 146 Å². The van der Waals surface area contributed by atoms with Gasteiger partial charge in [-0.2, -0.15) is 0 Å². The lowest BCUT2D eigenvalue weighted by Crippen LogP contribution is -2.52. The van der Waals surface area contributed by atoms with Gasteiger partial charge in [0.25, 0.3) is 0 Å². The van der Waals surface area contributed by atoms with E-state index in [0.29, 0.717) is 13.1 Å². The van der Waals surface area contributed by atoms with Crippen LogP contribution in [-0.2, 0) is 16.1 Å². The summed E-state index contributed by atoms with van der Waals surface area (Å²) in [7, 11) is 1.60. The molecule has 2 aromatic rings. The highest BCUT2D eigenvalue weighted by Gasteiger charge is 2.28. The molecule has 0 bridgehead atoms. The van der Waals surface area contributed by atoms with Crippen molar-refractivity contribution in [1.82, 2.24) is 4.90 Å². The first-order valence-electron chi connectivity index (χ1n) is 8.07. The van der Waals surface area contributed by atoms with E-state index in [4.69, 9.17) is 9.47 Å². The fourth-order valence-electron chi connectivity index (χ4n) is 2.67. The maximum absolute atomic E-state index is 12.4. The number of hydrogen-bond acceptors (Lipinski definition) is 4. The van der Waals surface area contributed by atoms with Crippen molar-refractivity contribution in [3.8, 4) is 5.75 Å². The topological polar surface area (TPSA) is 59.1 Å². The van der Waals surface area contributed by atoms with Gasteiger partial charge in [0.1, 0.15) is 18.9 Å². The van der Waals surface area contributed by atoms with Crippen molar-refractivity contribution < 1.29 is 19.1 Å². The number of carbonyl (C=O) groups excluding carboxylic acids is 2. The van der Waals surface area contributed by atoms with Gasteiger partial charge in [0.2, 0.25) is 5.91 Å². The first kappa shape index (κ1) is 16.8. The van der Waals surface area contributed by atoms with Crippen LogP contribution in [-0.4, -0.2) is 43.6 Å². The third-order valence-electron chi connectivity index (χ3n) is 4.07. The molecule has 25 heavy (non-hydrogen) atoms. The van der Waals surface area contributed by atoms with Crippen LogP contribution in [0.3, 0.4) is 0 Å². The maximum atomic E-state index is 12.4. The molecule has 0 radical (unpaired) electrons. The molecule has 1 aliphatic heterocycles. The van der Waals surface area contributed by atoms with Crippen molar-refractivity contribution in [1.29, 1.82) is 0 Å². The first-order chi connectivity index (χ1) is 12.2. The third-order valence-corrected chi connectivity index (χ3v) is 4.07. The molecule has 0 spiro atoms. The number of hydrogen-bond donors (Lipinski definition) is 0. The van der Waals surface area contributed by atoms with Crippen molar-refractivity contribution in [2.24, 2.45) is 0 Å². The highest BCUT2D eigenvalue weighted by Crippen LogP contribution is 2.21. The van der Waals surface area contributed by atoms with Crippen molar-refractivity contribution in [2.45, 2.75) is 6.61 Å². The SMILES string of the molecule is COc1ccc(N2CCN(C(=O)OCc3ccccc3)CC2=O)cc1. The normalized spacial score (nSPS) is 14.4. The molecule has 6 heteroatoms. The van der Waals surface area contributed by atoms with Crippen LogP contribution in [0.1, 0.15) is 5.56 Å². The van der Waals surface area contributed by atoms with E-state index >= 15 is 0 Å². The van der Waals surface area contributed by atoms with Crippen LogP contribution < -0.4 is 9.64 Å². The van der Waals surface area contributed by atoms with E-state index in [2.05, 4.69) is 0 Å². The first-order valence-corrected chi connectivity index (χ1v) is 8.07. The zero-order valence-electron chi connectivity index (χ0n) is 14.1. The monoisotopic (exact) mass is 340 g/mol. The molecule has 0 aliphatic carbocycles. The number of amides is 2. The second kappa shape index (κ2) is 7.70. The van der Waals surface area contributed by atoms with Gasteiger partial charge in [0, 0.05) is 18.8 Å². The molecule has 2 aromatic carbocycles. The number of carbonyl (C=O) groups is 2. The minimum Gasteiger partial charge on any atom is -0.497 e. The van der Waals surface area contributed by atoms with Crippen LogP contribution in [0.2, 0.25) is 0 Å². The molecule has 1 saturated heterocycles. The lowest BCUT2D eigenvalue weighted by Gasteiger charge is -2.33. The molecule has 1 heterocycles. The van der Waals surface area contributed by atoms with Crippen LogP contribution in [0.5, 0.6) is 5.75 Å². The minimum atomic E-state index is -0.466. The Bertz CT molecular complexity index is 731. The second-order valence-electron chi connectivity index (χ2n) is 5.71. The number of anilines is 1. The average Bonchev–Trinajstić information content (AvgIpc) is 2.67. The molecule has 0 unspecified atom stereocenters. The second-order valence-corrected chi connectivity index (χ2v) is 5.71. The van der Waals surface area contributed by atoms with Gasteiger partial charge in [-0.25, -0.2) is 4.79 Å². The van der Waals surface area contributed by atoms with Crippen molar-refractivity contribution in [2.75, 3.05) is 31.6 Å². The summed E-state index contributed by atoms with van der Waals surface area (Å²) in [6, 6.07) is 16.7. The zero-order chi connectivity index (χ0) is 17.6. The summed E-state index contributed by atoms with van der Waals surface area (Å²) in [5.41, 5.74) is 1.71. The highest BCUT2D eigenvalue weighted by atomic mass is 16.6. The van der Waals surface area contributed by atoms with Gasteiger partial charge in [-0.15, -0.1) is 0 Å². The largest absolute Gasteiger partial charge is 0.497 e. The molecule has 0 N–H and O–H groups in total. The summed E-state index contributed by atoms with van der Waals surface area (Å²) in [4.78, 5) is 27.6. The molecule has 1 aliphatic rings. The summed E-state index contributed by atoms with van der Waals surface area (Å²) >= 11 is 0. The standard InChI is InChI=1S/C19H20N2O4/c1-24-17-9-7-16(8-10-17)21-12-11-20(13-18(21)22)19(23)25-14-15-5-3-2-4-6-15/h2-10H,11-14H2,1H3. The van der Waals surface area contributed by atoms with Gasteiger partial charge in [-0.1, -0.05) is 30.3 Å². The predicted octanol–water partition coefficient (Wildman–Crippen LogP) is 2.68. The van der Waals surface area contributed by atoms with E-state index in [1.54, 1.807) is 12.0 Å². The summed E-state index contributed by atoms with van der Waals surface area (Å²) in [5, 5.41) is 0. The van der Waals surface area contributed by atoms with Crippen molar-refractivity contribution in [3.05, 3.63) is 60.2 Å². The number of nitrogens with zero attached hydrogens (tertiary/aromatic N) is 2. The average molecular weight is 340 g/mol. The van der Waals surface area contributed by atoms with Gasteiger partial charge in [-0.05, 0) is 29.8 Å². The van der Waals surface area contributed by atoms with Crippen molar-refractivity contribution >= 4 is 17.7 Å². The summed E-state index contributed by atoms with van der Waals surface area (Å²) in [6.45, 7) is 1.09. The Morgan fingerprint density at radius 2 is 1.76 bits per heavy atom. The minimum absolute atomic E-state index is 0.0135. The van der Waals surface area contributed by atoms with Gasteiger partial charge in [-0.3, -0.25) is 9.69 Å². The Kier molecular flexibility index (Phi) is 5.18. The number of methoxy groups -OCH3 is 1. The fraction of sp³-hybridized carbons (Fsp3) is 0.263. The summed E-state index contributed by atoms with van der Waals surface area (Å²) in [6.07, 6.45) is -0.466. The predicted molar refractivity (Wildman–Crippen MR) is 93.5 cm³/mol. The number of ether oxygens (including phenoxy) is 2. The van der Waals surface area contributed by atoms with E-state index in [1.165, 1.54) is 4.90 Å². The molecule has 6 nitrogen and oxygen atoms in total. The van der Waals surface area contributed by atoms with Crippen LogP contribution in [0.15, 0.2) is 54.6 Å². The van der Waals surface area contributed by atoms with Gasteiger partial charge in [0.15, 0.2) is 0 Å². The Morgan fingerprint density at radius 3 is 2.40 bits per heavy atom. The molecule has 3 rings (SSSR count). The molecule has 0 saturated carbocycles. The number of piperazine rings is 1. The molecule has 1 fully saturated rings. The molecular weight excluding hydrogens is 320 g/mol. The Hall–Kier alpha value is -3.02.